The van der Waals surface area contributed by atoms with Gasteiger partial charge in [-0.15, -0.1) is 0 Å². The van der Waals surface area contributed by atoms with E-state index in [1.807, 2.05) is 11.8 Å². The summed E-state index contributed by atoms with van der Waals surface area (Å²) in [7, 11) is 0. The number of nitrogens with zero attached hydrogens (tertiary/aromatic N) is 1. The molecule has 0 bridgehead atoms. The van der Waals surface area contributed by atoms with Crippen LogP contribution in [0.25, 0.3) is 0 Å². The smallest absolute Gasteiger partial charge is 0.238 e. The number of nitrogens with one attached hydrogen (secondary N) is 1. The van der Waals surface area contributed by atoms with Crippen LogP contribution >= 0.6 is 23.4 Å². The molecule has 6 heteroatoms. The molecule has 4 nitrogen and oxygen atoms in total. The fraction of sp³-hybridized carbons (Fsp3) is 0.500. The van der Waals surface area contributed by atoms with E-state index >= 15 is 0 Å². The Kier molecular flexibility index (Phi) is 5.57. The van der Waals surface area contributed by atoms with E-state index in [9.17, 15) is 4.79 Å². The summed E-state index contributed by atoms with van der Waals surface area (Å²) in [6.45, 7) is 4.54. The Hall–Kier alpha value is -0.910. The molecule has 1 aliphatic heterocycles. The zero-order chi connectivity index (χ0) is 14.5. The summed E-state index contributed by atoms with van der Waals surface area (Å²) < 4.78 is 0. The molecular weight excluding hydrogens is 294 g/mol. The van der Waals surface area contributed by atoms with E-state index in [1.54, 1.807) is 18.2 Å². The van der Waals surface area contributed by atoms with Gasteiger partial charge in [0.1, 0.15) is 0 Å². The predicted octanol–water partition coefficient (Wildman–Crippen LogP) is 2.69. The zero-order valence-corrected chi connectivity index (χ0v) is 13.1. The van der Waals surface area contributed by atoms with Gasteiger partial charge in [0.2, 0.25) is 5.91 Å². The second-order valence-corrected chi connectivity index (χ2v) is 6.74. The number of halogens is 1. The summed E-state index contributed by atoms with van der Waals surface area (Å²) in [5.74, 6) is 1.06. The van der Waals surface area contributed by atoms with E-state index in [4.69, 9.17) is 17.3 Å². The molecule has 3 N–H and O–H groups in total. The summed E-state index contributed by atoms with van der Waals surface area (Å²) in [6, 6.07) is 5.10. The molecule has 0 saturated carbocycles. The number of carbonyl (C=O) groups is 1. The lowest BCUT2D eigenvalue weighted by atomic mass is 10.2. The Morgan fingerprint density at radius 2 is 2.40 bits per heavy atom. The topological polar surface area (TPSA) is 58.4 Å². The summed E-state index contributed by atoms with van der Waals surface area (Å²) >= 11 is 8.04. The minimum absolute atomic E-state index is 0.0292. The lowest BCUT2D eigenvalue weighted by Gasteiger charge is -2.31. The van der Waals surface area contributed by atoms with E-state index < -0.39 is 0 Å². The van der Waals surface area contributed by atoms with Crippen LogP contribution in [0.15, 0.2) is 18.2 Å². The van der Waals surface area contributed by atoms with Crippen LogP contribution in [-0.2, 0) is 4.79 Å². The van der Waals surface area contributed by atoms with Gasteiger partial charge in [0.15, 0.2) is 0 Å². The Balaban J connectivity index is 1.88. The third-order valence-electron chi connectivity index (χ3n) is 3.31. The van der Waals surface area contributed by atoms with Gasteiger partial charge in [0.05, 0.1) is 17.3 Å². The molecule has 0 spiro atoms. The number of amides is 1. The Morgan fingerprint density at radius 1 is 1.60 bits per heavy atom. The first-order valence-corrected chi connectivity index (χ1v) is 8.20. The van der Waals surface area contributed by atoms with Gasteiger partial charge >= 0.3 is 0 Å². The fourth-order valence-corrected chi connectivity index (χ4v) is 3.68. The first-order valence-electron chi connectivity index (χ1n) is 6.77. The van der Waals surface area contributed by atoms with E-state index in [2.05, 4.69) is 17.1 Å². The van der Waals surface area contributed by atoms with Crippen molar-refractivity contribution in [3.8, 4) is 0 Å². The monoisotopic (exact) mass is 313 g/mol. The van der Waals surface area contributed by atoms with Crippen molar-refractivity contribution in [2.24, 2.45) is 0 Å². The van der Waals surface area contributed by atoms with Crippen LogP contribution in [-0.4, -0.2) is 41.4 Å². The molecular formula is C14H20ClN3OS. The third-order valence-corrected chi connectivity index (χ3v) is 5.00. The molecule has 1 fully saturated rings. The van der Waals surface area contributed by atoms with Gasteiger partial charge in [-0.1, -0.05) is 18.5 Å². The van der Waals surface area contributed by atoms with Crippen LogP contribution in [0, 0.1) is 0 Å². The molecule has 110 valence electrons. The maximum Gasteiger partial charge on any atom is 0.238 e. The highest BCUT2D eigenvalue weighted by atomic mass is 35.5. The van der Waals surface area contributed by atoms with E-state index in [-0.39, 0.29) is 5.91 Å². The second-order valence-electron chi connectivity index (χ2n) is 4.92. The van der Waals surface area contributed by atoms with Crippen molar-refractivity contribution < 1.29 is 4.79 Å². The van der Waals surface area contributed by atoms with Gasteiger partial charge in [-0.25, -0.2) is 0 Å². The largest absolute Gasteiger partial charge is 0.399 e. The lowest BCUT2D eigenvalue weighted by molar-refractivity contribution is -0.117. The molecule has 1 heterocycles. The highest BCUT2D eigenvalue weighted by Crippen LogP contribution is 2.24. The zero-order valence-electron chi connectivity index (χ0n) is 11.6. The summed E-state index contributed by atoms with van der Waals surface area (Å²) in [6.07, 6.45) is 1.15. The number of anilines is 2. The molecule has 2 rings (SSSR count). The number of benzene rings is 1. The van der Waals surface area contributed by atoms with Crippen molar-refractivity contribution in [3.05, 3.63) is 23.2 Å². The van der Waals surface area contributed by atoms with Gasteiger partial charge in [-0.3, -0.25) is 9.69 Å². The lowest BCUT2D eigenvalue weighted by Crippen LogP contribution is -2.42. The average Bonchev–Trinajstić information content (AvgIpc) is 2.42. The Morgan fingerprint density at radius 3 is 3.10 bits per heavy atom. The van der Waals surface area contributed by atoms with Gasteiger partial charge in [0, 0.05) is 29.8 Å². The molecule has 20 heavy (non-hydrogen) atoms. The van der Waals surface area contributed by atoms with Crippen LogP contribution in [0.5, 0.6) is 0 Å². The van der Waals surface area contributed by atoms with Crippen molar-refractivity contribution in [1.29, 1.82) is 0 Å². The van der Waals surface area contributed by atoms with Crippen molar-refractivity contribution in [2.75, 3.05) is 36.4 Å². The fourth-order valence-electron chi connectivity index (χ4n) is 2.20. The van der Waals surface area contributed by atoms with Crippen molar-refractivity contribution in [1.82, 2.24) is 4.90 Å². The molecule has 0 aliphatic carbocycles. The summed E-state index contributed by atoms with van der Waals surface area (Å²) in [5, 5.41) is 3.95. The molecule has 0 aromatic heterocycles. The molecule has 1 unspecified atom stereocenters. The number of hydrogen-bond acceptors (Lipinski definition) is 4. The molecule has 1 atom stereocenters. The third kappa shape index (κ3) is 4.30. The molecule has 1 amide bonds. The Labute approximate surface area is 129 Å². The number of thioether (sulfide) groups is 1. The molecule has 0 radical (unpaired) electrons. The number of rotatable bonds is 4. The van der Waals surface area contributed by atoms with Gasteiger partial charge in [-0.05, 0) is 24.6 Å². The minimum atomic E-state index is -0.0292. The average molecular weight is 314 g/mol. The Bertz CT molecular complexity index is 483. The SMILES string of the molecule is CCC1CN(CC(=O)Nc2ccc(N)cc2Cl)CCS1. The number of carbonyl (C=O) groups excluding carboxylic acids is 1. The van der Waals surface area contributed by atoms with Gasteiger partial charge in [0.25, 0.3) is 0 Å². The summed E-state index contributed by atoms with van der Waals surface area (Å²) in [4.78, 5) is 14.3. The number of nitrogen functional groups attached to an aromatic ring is 1. The maximum atomic E-state index is 12.1. The van der Waals surface area contributed by atoms with E-state index in [1.165, 1.54) is 0 Å². The van der Waals surface area contributed by atoms with Crippen LogP contribution in [0.4, 0.5) is 11.4 Å². The first kappa shape index (κ1) is 15.5. The summed E-state index contributed by atoms with van der Waals surface area (Å²) in [5.41, 5.74) is 6.84. The molecule has 1 saturated heterocycles. The number of hydrogen-bond donors (Lipinski definition) is 2. The molecule has 1 aliphatic rings. The highest BCUT2D eigenvalue weighted by Gasteiger charge is 2.20. The van der Waals surface area contributed by atoms with Crippen LogP contribution in [0.1, 0.15) is 13.3 Å². The van der Waals surface area contributed by atoms with Crippen molar-refractivity contribution in [2.45, 2.75) is 18.6 Å². The molecule has 1 aromatic carbocycles. The van der Waals surface area contributed by atoms with Crippen molar-refractivity contribution >= 4 is 40.6 Å². The van der Waals surface area contributed by atoms with E-state index in [0.29, 0.717) is 28.2 Å². The van der Waals surface area contributed by atoms with Crippen molar-refractivity contribution in [3.63, 3.8) is 0 Å². The predicted molar refractivity (Wildman–Crippen MR) is 87.5 cm³/mol. The minimum Gasteiger partial charge on any atom is -0.399 e. The standard InChI is InChI=1S/C14H20ClN3OS/c1-2-11-8-18(5-6-20-11)9-14(19)17-13-4-3-10(16)7-12(13)15/h3-4,7,11H,2,5-6,8-9,16H2,1H3,(H,17,19). The highest BCUT2D eigenvalue weighted by molar-refractivity contribution is 8.00. The quantitative estimate of drug-likeness (QED) is 0.839. The number of nitrogens with two attached hydrogens (primary N) is 1. The van der Waals surface area contributed by atoms with Gasteiger partial charge in [-0.2, -0.15) is 11.8 Å². The van der Waals surface area contributed by atoms with Crippen LogP contribution < -0.4 is 11.1 Å². The second kappa shape index (κ2) is 7.20. The normalized spacial score (nSPS) is 19.8. The maximum absolute atomic E-state index is 12.1. The molecule has 1 aromatic rings. The first-order chi connectivity index (χ1) is 9.58. The van der Waals surface area contributed by atoms with Crippen LogP contribution in [0.2, 0.25) is 5.02 Å². The van der Waals surface area contributed by atoms with E-state index in [0.717, 1.165) is 25.3 Å². The van der Waals surface area contributed by atoms with Gasteiger partial charge < -0.3 is 11.1 Å². The van der Waals surface area contributed by atoms with Crippen LogP contribution in [0.3, 0.4) is 0 Å².